The lowest BCUT2D eigenvalue weighted by Gasteiger charge is -2.42. The van der Waals surface area contributed by atoms with Crippen molar-refractivity contribution >= 4 is 5.82 Å². The molecule has 4 heterocycles. The molecule has 0 aromatic carbocycles. The number of hydrogen-bond acceptors (Lipinski definition) is 5. The maximum Gasteiger partial charge on any atom is 0.148 e. The first-order chi connectivity index (χ1) is 11.7. The monoisotopic (exact) mass is 330 g/mol. The van der Waals surface area contributed by atoms with Crippen LogP contribution in [0.5, 0.6) is 0 Å². The Balaban J connectivity index is 1.65. The number of fused-ring (bicyclic) bond motifs is 1. The topological polar surface area (TPSA) is 41.5 Å². The summed E-state index contributed by atoms with van der Waals surface area (Å²) in [6, 6.07) is 1.03. The van der Waals surface area contributed by atoms with E-state index in [0.29, 0.717) is 12.1 Å². The molecule has 24 heavy (non-hydrogen) atoms. The van der Waals surface area contributed by atoms with Gasteiger partial charge < -0.3 is 9.64 Å². The van der Waals surface area contributed by atoms with Gasteiger partial charge in [0.15, 0.2) is 0 Å². The van der Waals surface area contributed by atoms with Gasteiger partial charge in [-0.3, -0.25) is 4.90 Å². The first-order valence-corrected chi connectivity index (χ1v) is 9.66. The van der Waals surface area contributed by atoms with Crippen LogP contribution < -0.4 is 4.90 Å². The molecule has 0 radical (unpaired) electrons. The summed E-state index contributed by atoms with van der Waals surface area (Å²) in [5.41, 5.74) is 2.56. The Labute approximate surface area is 145 Å². The maximum atomic E-state index is 5.57. The first kappa shape index (κ1) is 16.3. The summed E-state index contributed by atoms with van der Waals surface area (Å²) in [7, 11) is 2.17. The van der Waals surface area contributed by atoms with Crippen molar-refractivity contribution in [2.24, 2.45) is 0 Å². The van der Waals surface area contributed by atoms with Crippen molar-refractivity contribution in [3.63, 3.8) is 0 Å². The highest BCUT2D eigenvalue weighted by Crippen LogP contribution is 2.35. The minimum absolute atomic E-state index is 0.390. The standard InChI is InChI=1S/C19H30N4O/c1-14-16-6-5-10-22(2)19(16)21-18(20-14)17-7-3-4-11-23(17)15-8-12-24-13-9-15/h15,17H,3-13H2,1-2H3. The van der Waals surface area contributed by atoms with E-state index in [1.807, 2.05) is 0 Å². The Kier molecular flexibility index (Phi) is 4.72. The minimum atomic E-state index is 0.390. The summed E-state index contributed by atoms with van der Waals surface area (Å²) >= 11 is 0. The highest BCUT2D eigenvalue weighted by atomic mass is 16.5. The highest BCUT2D eigenvalue weighted by Gasteiger charge is 2.33. The van der Waals surface area contributed by atoms with Crippen molar-refractivity contribution in [2.45, 2.75) is 64.0 Å². The second kappa shape index (κ2) is 6.96. The van der Waals surface area contributed by atoms with Crippen molar-refractivity contribution in [3.8, 4) is 0 Å². The molecule has 0 spiro atoms. The molecule has 5 heteroatoms. The smallest absolute Gasteiger partial charge is 0.148 e. The number of ether oxygens (including phenoxy) is 1. The molecule has 0 saturated carbocycles. The average molecular weight is 330 g/mol. The molecule has 0 N–H and O–H groups in total. The van der Waals surface area contributed by atoms with E-state index in [2.05, 4.69) is 23.8 Å². The molecule has 132 valence electrons. The quantitative estimate of drug-likeness (QED) is 0.834. The molecule has 5 nitrogen and oxygen atoms in total. The zero-order valence-electron chi connectivity index (χ0n) is 15.1. The molecule has 1 atom stereocenters. The van der Waals surface area contributed by atoms with E-state index in [4.69, 9.17) is 14.7 Å². The van der Waals surface area contributed by atoms with Gasteiger partial charge in [-0.1, -0.05) is 6.42 Å². The van der Waals surface area contributed by atoms with Crippen molar-refractivity contribution in [1.29, 1.82) is 0 Å². The number of aryl methyl sites for hydroxylation is 1. The normalized spacial score (nSPS) is 26.4. The van der Waals surface area contributed by atoms with Crippen molar-refractivity contribution in [3.05, 3.63) is 17.1 Å². The summed E-state index contributed by atoms with van der Waals surface area (Å²) in [6.07, 6.45) is 8.43. The Morgan fingerprint density at radius 2 is 1.83 bits per heavy atom. The van der Waals surface area contributed by atoms with Crippen LogP contribution in [0.4, 0.5) is 5.82 Å². The highest BCUT2D eigenvalue weighted by molar-refractivity contribution is 5.50. The Bertz CT molecular complexity index is 585. The third-order valence-corrected chi connectivity index (χ3v) is 5.99. The molecule has 3 aliphatic rings. The molecule has 0 aliphatic carbocycles. The van der Waals surface area contributed by atoms with E-state index in [-0.39, 0.29) is 0 Å². The zero-order chi connectivity index (χ0) is 16.5. The summed E-state index contributed by atoms with van der Waals surface area (Å²) in [5, 5.41) is 0. The summed E-state index contributed by atoms with van der Waals surface area (Å²) in [4.78, 5) is 15.1. The number of piperidine rings is 1. The average Bonchev–Trinajstić information content (AvgIpc) is 2.63. The third kappa shape index (κ3) is 3.04. The van der Waals surface area contributed by atoms with Crippen LogP contribution in [-0.4, -0.2) is 54.3 Å². The van der Waals surface area contributed by atoms with Crippen molar-refractivity contribution in [1.82, 2.24) is 14.9 Å². The molecule has 2 saturated heterocycles. The molecule has 2 fully saturated rings. The first-order valence-electron chi connectivity index (χ1n) is 9.66. The molecule has 4 rings (SSSR count). The summed E-state index contributed by atoms with van der Waals surface area (Å²) in [5.74, 6) is 2.24. The number of anilines is 1. The van der Waals surface area contributed by atoms with Crippen molar-refractivity contribution < 1.29 is 4.74 Å². The van der Waals surface area contributed by atoms with Crippen LogP contribution in [-0.2, 0) is 11.2 Å². The van der Waals surface area contributed by atoms with Crippen LogP contribution in [0, 0.1) is 6.92 Å². The molecule has 1 aromatic heterocycles. The zero-order valence-corrected chi connectivity index (χ0v) is 15.1. The SMILES string of the molecule is Cc1nc(C2CCCCN2C2CCOCC2)nc2c1CCCN2C. The van der Waals surface area contributed by atoms with Gasteiger partial charge in [0.25, 0.3) is 0 Å². The van der Waals surface area contributed by atoms with E-state index in [1.165, 1.54) is 49.3 Å². The predicted octanol–water partition coefficient (Wildman–Crippen LogP) is 2.87. The number of aromatic nitrogens is 2. The van der Waals surface area contributed by atoms with Gasteiger partial charge in [0.1, 0.15) is 11.6 Å². The number of nitrogens with zero attached hydrogens (tertiary/aromatic N) is 4. The fourth-order valence-corrected chi connectivity index (χ4v) is 4.64. The second-order valence-electron chi connectivity index (χ2n) is 7.59. The van der Waals surface area contributed by atoms with E-state index >= 15 is 0 Å². The van der Waals surface area contributed by atoms with Gasteiger partial charge in [0.05, 0.1) is 6.04 Å². The van der Waals surface area contributed by atoms with Crippen molar-refractivity contribution in [2.75, 3.05) is 38.3 Å². The van der Waals surface area contributed by atoms with Crippen LogP contribution in [0.25, 0.3) is 0 Å². The third-order valence-electron chi connectivity index (χ3n) is 5.99. The lowest BCUT2D eigenvalue weighted by molar-refractivity contribution is 0.00210. The van der Waals surface area contributed by atoms with Crippen LogP contribution in [0.2, 0.25) is 0 Å². The molecule has 1 unspecified atom stereocenters. The van der Waals surface area contributed by atoms with Gasteiger partial charge in [0, 0.05) is 44.1 Å². The molecular weight excluding hydrogens is 300 g/mol. The molecular formula is C19H30N4O. The van der Waals surface area contributed by atoms with Gasteiger partial charge >= 0.3 is 0 Å². The predicted molar refractivity (Wildman–Crippen MR) is 95.5 cm³/mol. The lowest BCUT2D eigenvalue weighted by Crippen LogP contribution is -2.45. The van der Waals surface area contributed by atoms with Crippen LogP contribution >= 0.6 is 0 Å². The van der Waals surface area contributed by atoms with Gasteiger partial charge in [-0.05, 0) is 52.0 Å². The molecule has 1 aromatic rings. The van der Waals surface area contributed by atoms with Gasteiger partial charge in [-0.25, -0.2) is 9.97 Å². The van der Waals surface area contributed by atoms with Crippen LogP contribution in [0.1, 0.15) is 61.6 Å². The van der Waals surface area contributed by atoms with Crippen LogP contribution in [0.3, 0.4) is 0 Å². The van der Waals surface area contributed by atoms with Gasteiger partial charge in [-0.15, -0.1) is 0 Å². The second-order valence-corrected chi connectivity index (χ2v) is 7.59. The van der Waals surface area contributed by atoms with E-state index < -0.39 is 0 Å². The van der Waals surface area contributed by atoms with Gasteiger partial charge in [0.2, 0.25) is 0 Å². The molecule has 0 bridgehead atoms. The largest absolute Gasteiger partial charge is 0.381 e. The Morgan fingerprint density at radius 1 is 1.00 bits per heavy atom. The number of hydrogen-bond donors (Lipinski definition) is 0. The minimum Gasteiger partial charge on any atom is -0.381 e. The summed E-state index contributed by atoms with van der Waals surface area (Å²) in [6.45, 7) is 6.27. The Morgan fingerprint density at radius 3 is 2.67 bits per heavy atom. The van der Waals surface area contributed by atoms with Gasteiger partial charge in [-0.2, -0.15) is 0 Å². The van der Waals surface area contributed by atoms with Crippen LogP contribution in [0.15, 0.2) is 0 Å². The molecule has 0 amide bonds. The molecule has 3 aliphatic heterocycles. The number of likely N-dealkylation sites (tertiary alicyclic amines) is 1. The lowest BCUT2D eigenvalue weighted by atomic mass is 9.95. The Hall–Kier alpha value is -1.20. The fraction of sp³-hybridized carbons (Fsp3) is 0.789. The number of rotatable bonds is 2. The van der Waals surface area contributed by atoms with E-state index in [0.717, 1.165) is 44.8 Å². The maximum absolute atomic E-state index is 5.57. The van der Waals surface area contributed by atoms with E-state index in [1.54, 1.807) is 0 Å². The summed E-state index contributed by atoms with van der Waals surface area (Å²) < 4.78 is 5.57. The fourth-order valence-electron chi connectivity index (χ4n) is 4.64. The van der Waals surface area contributed by atoms with E-state index in [9.17, 15) is 0 Å².